The van der Waals surface area contributed by atoms with Gasteiger partial charge in [0.2, 0.25) is 0 Å². The third-order valence-electron chi connectivity index (χ3n) is 4.59. The van der Waals surface area contributed by atoms with E-state index in [0.29, 0.717) is 12.1 Å². The summed E-state index contributed by atoms with van der Waals surface area (Å²) in [7, 11) is 0. The highest BCUT2D eigenvalue weighted by atomic mass is 16.5. The van der Waals surface area contributed by atoms with Crippen LogP contribution in [0.1, 0.15) is 46.5 Å². The van der Waals surface area contributed by atoms with Crippen molar-refractivity contribution in [2.45, 2.75) is 58.5 Å². The van der Waals surface area contributed by atoms with E-state index in [9.17, 15) is 0 Å². The molecule has 0 spiro atoms. The van der Waals surface area contributed by atoms with Gasteiger partial charge in [-0.15, -0.1) is 0 Å². The number of nitrogens with zero attached hydrogens (tertiary/aromatic N) is 1. The molecule has 2 fully saturated rings. The summed E-state index contributed by atoms with van der Waals surface area (Å²) >= 11 is 0. The molecular weight excluding hydrogens is 236 g/mol. The van der Waals surface area contributed by atoms with Crippen molar-refractivity contribution in [2.75, 3.05) is 32.8 Å². The minimum Gasteiger partial charge on any atom is -0.381 e. The quantitative estimate of drug-likeness (QED) is 0.685. The first kappa shape index (κ1) is 15.3. The molecule has 0 aromatic heterocycles. The lowest BCUT2D eigenvalue weighted by Gasteiger charge is -2.42. The van der Waals surface area contributed by atoms with Crippen LogP contribution in [0.3, 0.4) is 0 Å². The van der Waals surface area contributed by atoms with Gasteiger partial charge in [0, 0.05) is 44.9 Å². The molecule has 0 amide bonds. The molecule has 0 aromatic carbocycles. The van der Waals surface area contributed by atoms with Gasteiger partial charge in [-0.3, -0.25) is 4.90 Å². The van der Waals surface area contributed by atoms with Gasteiger partial charge in [-0.05, 0) is 37.5 Å². The smallest absolute Gasteiger partial charge is 0.0494 e. The molecule has 2 rings (SSSR count). The van der Waals surface area contributed by atoms with E-state index >= 15 is 0 Å². The molecule has 1 saturated carbocycles. The Morgan fingerprint density at radius 2 is 2.11 bits per heavy atom. The molecule has 2 unspecified atom stereocenters. The molecule has 1 aliphatic carbocycles. The zero-order chi connectivity index (χ0) is 13.7. The molecule has 0 aromatic rings. The summed E-state index contributed by atoms with van der Waals surface area (Å²) in [4.78, 5) is 2.69. The zero-order valence-electron chi connectivity index (χ0n) is 13.0. The first-order valence-electron chi connectivity index (χ1n) is 8.25. The number of hydrogen-bond acceptors (Lipinski definition) is 3. The minimum atomic E-state index is 0.683. The third-order valence-corrected chi connectivity index (χ3v) is 4.59. The molecule has 19 heavy (non-hydrogen) atoms. The standard InChI is InChI=1S/C16H32N2O/c1-4-15-11-18(16(10-17-15)13(2)3)8-5-9-19-12-14-6-7-14/h13-17H,4-12H2,1-3H3. The van der Waals surface area contributed by atoms with Gasteiger partial charge in [-0.2, -0.15) is 0 Å². The van der Waals surface area contributed by atoms with Crippen LogP contribution >= 0.6 is 0 Å². The first-order chi connectivity index (χ1) is 9.20. The summed E-state index contributed by atoms with van der Waals surface area (Å²) in [6.07, 6.45) is 5.21. The SMILES string of the molecule is CCC1CN(CCCOCC2CC2)C(C(C)C)CN1. The van der Waals surface area contributed by atoms with Crippen LogP contribution in [-0.4, -0.2) is 49.8 Å². The molecule has 0 radical (unpaired) electrons. The Balaban J connectivity index is 1.66. The van der Waals surface area contributed by atoms with Crippen LogP contribution in [0.15, 0.2) is 0 Å². The van der Waals surface area contributed by atoms with Crippen molar-refractivity contribution in [3.05, 3.63) is 0 Å². The van der Waals surface area contributed by atoms with Crippen LogP contribution < -0.4 is 5.32 Å². The molecule has 3 heteroatoms. The van der Waals surface area contributed by atoms with Crippen LogP contribution in [0.2, 0.25) is 0 Å². The summed E-state index contributed by atoms with van der Waals surface area (Å²) in [6, 6.07) is 1.38. The number of nitrogens with one attached hydrogen (secondary N) is 1. The second kappa shape index (κ2) is 7.61. The van der Waals surface area contributed by atoms with Gasteiger partial charge in [0.1, 0.15) is 0 Å². The molecule has 112 valence electrons. The number of rotatable bonds is 8. The maximum Gasteiger partial charge on any atom is 0.0494 e. The van der Waals surface area contributed by atoms with Crippen molar-refractivity contribution in [3.63, 3.8) is 0 Å². The summed E-state index contributed by atoms with van der Waals surface area (Å²) in [5.41, 5.74) is 0. The van der Waals surface area contributed by atoms with E-state index in [2.05, 4.69) is 31.0 Å². The second-order valence-electron chi connectivity index (χ2n) is 6.69. The Labute approximate surface area is 119 Å². The van der Waals surface area contributed by atoms with Crippen LogP contribution in [0.25, 0.3) is 0 Å². The van der Waals surface area contributed by atoms with Crippen molar-refractivity contribution in [1.29, 1.82) is 0 Å². The predicted molar refractivity (Wildman–Crippen MR) is 80.4 cm³/mol. The van der Waals surface area contributed by atoms with Gasteiger partial charge in [0.15, 0.2) is 0 Å². The van der Waals surface area contributed by atoms with Gasteiger partial charge in [-0.1, -0.05) is 20.8 Å². The van der Waals surface area contributed by atoms with Gasteiger partial charge < -0.3 is 10.1 Å². The highest BCUT2D eigenvalue weighted by Crippen LogP contribution is 2.28. The largest absolute Gasteiger partial charge is 0.381 e. The van der Waals surface area contributed by atoms with E-state index in [1.807, 2.05) is 0 Å². The molecular formula is C16H32N2O. The average molecular weight is 268 g/mol. The molecule has 0 bridgehead atoms. The number of piperazine rings is 1. The molecule has 1 N–H and O–H groups in total. The van der Waals surface area contributed by atoms with Crippen molar-refractivity contribution in [1.82, 2.24) is 10.2 Å². The van der Waals surface area contributed by atoms with Gasteiger partial charge in [0.05, 0.1) is 0 Å². The molecule has 1 saturated heterocycles. The normalized spacial score (nSPS) is 29.1. The third kappa shape index (κ3) is 5.05. The van der Waals surface area contributed by atoms with Crippen LogP contribution in [0.5, 0.6) is 0 Å². The lowest BCUT2D eigenvalue weighted by atomic mass is 9.97. The molecule has 1 heterocycles. The Morgan fingerprint density at radius 3 is 2.74 bits per heavy atom. The minimum absolute atomic E-state index is 0.683. The first-order valence-corrected chi connectivity index (χ1v) is 8.25. The van der Waals surface area contributed by atoms with E-state index in [1.165, 1.54) is 38.8 Å². The Bertz CT molecular complexity index is 253. The van der Waals surface area contributed by atoms with E-state index in [-0.39, 0.29) is 0 Å². The highest BCUT2D eigenvalue weighted by molar-refractivity contribution is 4.87. The van der Waals surface area contributed by atoms with Crippen LogP contribution in [0.4, 0.5) is 0 Å². The second-order valence-corrected chi connectivity index (χ2v) is 6.69. The summed E-state index contributed by atoms with van der Waals surface area (Å²) < 4.78 is 5.76. The van der Waals surface area contributed by atoms with E-state index < -0.39 is 0 Å². The topological polar surface area (TPSA) is 24.5 Å². The van der Waals surface area contributed by atoms with Crippen molar-refractivity contribution < 1.29 is 4.74 Å². The molecule has 3 nitrogen and oxygen atoms in total. The van der Waals surface area contributed by atoms with Crippen molar-refractivity contribution >= 4 is 0 Å². The molecule has 2 aliphatic rings. The van der Waals surface area contributed by atoms with E-state index in [4.69, 9.17) is 4.74 Å². The lowest BCUT2D eigenvalue weighted by molar-refractivity contribution is 0.0718. The van der Waals surface area contributed by atoms with Crippen LogP contribution in [0, 0.1) is 11.8 Å². The molecule has 2 atom stereocenters. The van der Waals surface area contributed by atoms with Crippen molar-refractivity contribution in [2.24, 2.45) is 11.8 Å². The Kier molecular flexibility index (Phi) is 6.11. The molecule has 1 aliphatic heterocycles. The zero-order valence-corrected chi connectivity index (χ0v) is 13.0. The maximum absolute atomic E-state index is 5.76. The fourth-order valence-corrected chi connectivity index (χ4v) is 2.99. The average Bonchev–Trinajstić information content (AvgIpc) is 3.22. The predicted octanol–water partition coefficient (Wildman–Crippen LogP) is 2.51. The van der Waals surface area contributed by atoms with Crippen molar-refractivity contribution in [3.8, 4) is 0 Å². The Morgan fingerprint density at radius 1 is 1.32 bits per heavy atom. The monoisotopic (exact) mass is 268 g/mol. The van der Waals surface area contributed by atoms with Gasteiger partial charge in [0.25, 0.3) is 0 Å². The van der Waals surface area contributed by atoms with Gasteiger partial charge >= 0.3 is 0 Å². The maximum atomic E-state index is 5.76. The fourth-order valence-electron chi connectivity index (χ4n) is 2.99. The lowest BCUT2D eigenvalue weighted by Crippen LogP contribution is -2.58. The summed E-state index contributed by atoms with van der Waals surface area (Å²) in [6.45, 7) is 12.5. The Hall–Kier alpha value is -0.120. The van der Waals surface area contributed by atoms with E-state index in [1.54, 1.807) is 0 Å². The summed E-state index contributed by atoms with van der Waals surface area (Å²) in [5, 5.41) is 3.68. The number of ether oxygens (including phenoxy) is 1. The summed E-state index contributed by atoms with van der Waals surface area (Å²) in [5.74, 6) is 1.63. The van der Waals surface area contributed by atoms with Crippen LogP contribution in [-0.2, 0) is 4.74 Å². The van der Waals surface area contributed by atoms with Gasteiger partial charge in [-0.25, -0.2) is 0 Å². The fraction of sp³-hybridized carbons (Fsp3) is 1.00. The van der Waals surface area contributed by atoms with E-state index in [0.717, 1.165) is 31.6 Å². The highest BCUT2D eigenvalue weighted by Gasteiger charge is 2.28. The number of hydrogen-bond donors (Lipinski definition) is 1.